The number of carbonyl (C=O) groups excluding carboxylic acids is 1. The fourth-order valence-electron chi connectivity index (χ4n) is 2.79. The summed E-state index contributed by atoms with van der Waals surface area (Å²) in [6.07, 6.45) is 4.86. The van der Waals surface area contributed by atoms with Gasteiger partial charge in [0.1, 0.15) is 0 Å². The fraction of sp³-hybridized carbons (Fsp3) is 0.562. The maximum atomic E-state index is 12.1. The minimum absolute atomic E-state index is 0.154. The van der Waals surface area contributed by atoms with Gasteiger partial charge in [0.15, 0.2) is 0 Å². The molecule has 2 rings (SSSR count). The molecule has 0 aliphatic carbocycles. The summed E-state index contributed by atoms with van der Waals surface area (Å²) >= 11 is 6.05. The molecule has 1 aromatic carbocycles. The molecule has 1 aliphatic heterocycles. The van der Waals surface area contributed by atoms with Gasteiger partial charge in [-0.05, 0) is 44.9 Å². The molecule has 1 atom stereocenters. The second kappa shape index (κ2) is 7.66. The van der Waals surface area contributed by atoms with E-state index < -0.39 is 0 Å². The smallest absolute Gasteiger partial charge is 0.252 e. The molecule has 1 unspecified atom stereocenters. The van der Waals surface area contributed by atoms with E-state index >= 15 is 0 Å². The summed E-state index contributed by atoms with van der Waals surface area (Å²) in [4.78, 5) is 14.6. The van der Waals surface area contributed by atoms with Crippen LogP contribution in [0.1, 0.15) is 43.0 Å². The number of carbonyl (C=O) groups is 1. The monoisotopic (exact) mass is 309 g/mol. The first-order chi connectivity index (χ1) is 10.1. The number of piperidine rings is 1. The molecule has 4 nitrogen and oxygen atoms in total. The maximum Gasteiger partial charge on any atom is 0.252 e. The Labute approximate surface area is 131 Å². The van der Waals surface area contributed by atoms with Gasteiger partial charge in [0, 0.05) is 19.1 Å². The Balaban J connectivity index is 1.75. The summed E-state index contributed by atoms with van der Waals surface area (Å²) < 4.78 is 0. The van der Waals surface area contributed by atoms with Crippen LogP contribution in [0.5, 0.6) is 0 Å². The summed E-state index contributed by atoms with van der Waals surface area (Å²) in [7, 11) is 0. The summed E-state index contributed by atoms with van der Waals surface area (Å²) in [6.45, 7) is 5.15. The third-order valence-electron chi connectivity index (χ3n) is 4.12. The molecule has 0 spiro atoms. The largest absolute Gasteiger partial charge is 0.398 e. The zero-order chi connectivity index (χ0) is 15.2. The van der Waals surface area contributed by atoms with Crippen molar-refractivity contribution in [2.24, 2.45) is 0 Å². The standard InChI is InChI=1S/C16H24ClN3O/c1-12-6-2-3-10-20(12)11-5-9-19-16(21)13-7-4-8-14(18)15(13)17/h4,7-8,12H,2-3,5-6,9-11,18H2,1H3,(H,19,21). The Morgan fingerprint density at radius 2 is 2.29 bits per heavy atom. The van der Waals surface area contributed by atoms with Gasteiger partial charge >= 0.3 is 0 Å². The van der Waals surface area contributed by atoms with Gasteiger partial charge in [0.2, 0.25) is 0 Å². The van der Waals surface area contributed by atoms with Crippen molar-refractivity contribution in [2.75, 3.05) is 25.4 Å². The summed E-state index contributed by atoms with van der Waals surface area (Å²) in [5, 5.41) is 3.25. The lowest BCUT2D eigenvalue weighted by Crippen LogP contribution is -2.39. The highest BCUT2D eigenvalue weighted by Gasteiger charge is 2.17. The van der Waals surface area contributed by atoms with E-state index in [0.717, 1.165) is 13.0 Å². The molecular formula is C16H24ClN3O. The number of nitrogens with zero attached hydrogens (tertiary/aromatic N) is 1. The van der Waals surface area contributed by atoms with E-state index in [1.165, 1.54) is 25.8 Å². The van der Waals surface area contributed by atoms with E-state index in [2.05, 4.69) is 17.1 Å². The van der Waals surface area contributed by atoms with E-state index in [0.29, 0.717) is 28.9 Å². The second-order valence-electron chi connectivity index (χ2n) is 5.70. The number of likely N-dealkylation sites (tertiary alicyclic amines) is 1. The summed E-state index contributed by atoms with van der Waals surface area (Å²) in [5.74, 6) is -0.154. The molecule has 1 fully saturated rings. The van der Waals surface area contributed by atoms with E-state index in [4.69, 9.17) is 17.3 Å². The highest BCUT2D eigenvalue weighted by atomic mass is 35.5. The van der Waals surface area contributed by atoms with Crippen LogP contribution in [0.3, 0.4) is 0 Å². The highest BCUT2D eigenvalue weighted by Crippen LogP contribution is 2.22. The first-order valence-corrected chi connectivity index (χ1v) is 8.03. The number of amides is 1. The fourth-order valence-corrected chi connectivity index (χ4v) is 3.01. The number of rotatable bonds is 5. The third kappa shape index (κ3) is 4.35. The Morgan fingerprint density at radius 1 is 1.48 bits per heavy atom. The molecular weight excluding hydrogens is 286 g/mol. The van der Waals surface area contributed by atoms with Crippen molar-refractivity contribution in [3.63, 3.8) is 0 Å². The van der Waals surface area contributed by atoms with Crippen LogP contribution in [-0.2, 0) is 0 Å². The number of hydrogen-bond donors (Lipinski definition) is 2. The van der Waals surface area contributed by atoms with Gasteiger partial charge in [0.25, 0.3) is 5.91 Å². The van der Waals surface area contributed by atoms with Crippen molar-refractivity contribution in [1.29, 1.82) is 0 Å². The second-order valence-corrected chi connectivity index (χ2v) is 6.08. The maximum absolute atomic E-state index is 12.1. The molecule has 0 aromatic heterocycles. The van der Waals surface area contributed by atoms with Crippen LogP contribution < -0.4 is 11.1 Å². The van der Waals surface area contributed by atoms with Crippen molar-refractivity contribution in [2.45, 2.75) is 38.6 Å². The van der Waals surface area contributed by atoms with Gasteiger partial charge in [0.05, 0.1) is 16.3 Å². The van der Waals surface area contributed by atoms with Crippen molar-refractivity contribution in [3.8, 4) is 0 Å². The van der Waals surface area contributed by atoms with Crippen LogP contribution in [0.25, 0.3) is 0 Å². The van der Waals surface area contributed by atoms with Crippen LogP contribution >= 0.6 is 11.6 Å². The van der Waals surface area contributed by atoms with Crippen LogP contribution in [-0.4, -0.2) is 36.5 Å². The Hall–Kier alpha value is -1.26. The molecule has 0 saturated carbocycles. The average Bonchev–Trinajstić information content (AvgIpc) is 2.48. The van der Waals surface area contributed by atoms with E-state index in [9.17, 15) is 4.79 Å². The van der Waals surface area contributed by atoms with Gasteiger partial charge in [-0.1, -0.05) is 24.1 Å². The predicted octanol–water partition coefficient (Wildman–Crippen LogP) is 2.92. The normalized spacial score (nSPS) is 19.4. The molecule has 0 bridgehead atoms. The van der Waals surface area contributed by atoms with E-state index in [-0.39, 0.29) is 5.91 Å². The van der Waals surface area contributed by atoms with Gasteiger partial charge < -0.3 is 16.0 Å². The highest BCUT2D eigenvalue weighted by molar-refractivity contribution is 6.36. The SMILES string of the molecule is CC1CCCCN1CCCNC(=O)c1cccc(N)c1Cl. The van der Waals surface area contributed by atoms with Gasteiger partial charge in [-0.25, -0.2) is 0 Å². The summed E-state index contributed by atoms with van der Waals surface area (Å²) in [5.41, 5.74) is 6.59. The number of nitrogens with one attached hydrogen (secondary N) is 1. The lowest BCUT2D eigenvalue weighted by atomic mass is 10.0. The van der Waals surface area contributed by atoms with Crippen LogP contribution in [0.4, 0.5) is 5.69 Å². The molecule has 116 valence electrons. The molecule has 21 heavy (non-hydrogen) atoms. The predicted molar refractivity (Wildman–Crippen MR) is 87.7 cm³/mol. The van der Waals surface area contributed by atoms with Crippen LogP contribution in [0, 0.1) is 0 Å². The first-order valence-electron chi connectivity index (χ1n) is 7.66. The molecule has 5 heteroatoms. The molecule has 3 N–H and O–H groups in total. The van der Waals surface area contributed by atoms with Crippen molar-refractivity contribution in [1.82, 2.24) is 10.2 Å². The number of benzene rings is 1. The molecule has 1 amide bonds. The van der Waals surface area contributed by atoms with Gasteiger partial charge in [-0.3, -0.25) is 4.79 Å². The lowest BCUT2D eigenvalue weighted by molar-refractivity contribution is 0.0949. The number of nitrogens with two attached hydrogens (primary N) is 1. The number of hydrogen-bond acceptors (Lipinski definition) is 3. The molecule has 1 heterocycles. The zero-order valence-corrected chi connectivity index (χ0v) is 13.3. The number of anilines is 1. The van der Waals surface area contributed by atoms with Gasteiger partial charge in [-0.2, -0.15) is 0 Å². The molecule has 0 radical (unpaired) electrons. The van der Waals surface area contributed by atoms with Crippen molar-refractivity contribution in [3.05, 3.63) is 28.8 Å². The minimum atomic E-state index is -0.154. The lowest BCUT2D eigenvalue weighted by Gasteiger charge is -2.33. The Bertz CT molecular complexity index is 492. The Morgan fingerprint density at radius 3 is 3.05 bits per heavy atom. The average molecular weight is 310 g/mol. The first kappa shape index (κ1) is 16.1. The van der Waals surface area contributed by atoms with Crippen LogP contribution in [0.15, 0.2) is 18.2 Å². The Kier molecular flexibility index (Phi) is 5.88. The number of halogens is 1. The van der Waals surface area contributed by atoms with E-state index in [1.54, 1.807) is 18.2 Å². The molecule has 1 aliphatic rings. The topological polar surface area (TPSA) is 58.4 Å². The quantitative estimate of drug-likeness (QED) is 0.649. The summed E-state index contributed by atoms with van der Waals surface area (Å²) in [6, 6.07) is 5.79. The van der Waals surface area contributed by atoms with Gasteiger partial charge in [-0.15, -0.1) is 0 Å². The third-order valence-corrected chi connectivity index (χ3v) is 4.54. The van der Waals surface area contributed by atoms with Crippen molar-refractivity contribution >= 4 is 23.2 Å². The molecule has 1 saturated heterocycles. The van der Waals surface area contributed by atoms with E-state index in [1.807, 2.05) is 0 Å². The minimum Gasteiger partial charge on any atom is -0.398 e. The van der Waals surface area contributed by atoms with Crippen LogP contribution in [0.2, 0.25) is 5.02 Å². The number of nitrogen functional groups attached to an aromatic ring is 1. The van der Waals surface area contributed by atoms with Crippen molar-refractivity contribution < 1.29 is 4.79 Å². The molecule has 1 aromatic rings. The zero-order valence-electron chi connectivity index (χ0n) is 12.6.